The number of hydrogen-bond acceptors (Lipinski definition) is 5. The van der Waals surface area contributed by atoms with E-state index < -0.39 is 6.10 Å². The van der Waals surface area contributed by atoms with E-state index in [2.05, 4.69) is 5.32 Å². The van der Waals surface area contributed by atoms with Gasteiger partial charge in [0.1, 0.15) is 5.75 Å². The number of fused-ring (bicyclic) bond motifs is 2. The van der Waals surface area contributed by atoms with Crippen molar-refractivity contribution in [2.24, 2.45) is 5.92 Å². The number of hydrogen-bond donors (Lipinski definition) is 1. The van der Waals surface area contributed by atoms with Crippen molar-refractivity contribution in [2.45, 2.75) is 39.7 Å². The number of carbonyl (C=O) groups is 4. The summed E-state index contributed by atoms with van der Waals surface area (Å²) >= 11 is 0. The molecule has 0 saturated carbocycles. The molecule has 1 unspecified atom stereocenters. The number of imide groups is 1. The molecule has 172 valence electrons. The number of rotatable bonds is 7. The van der Waals surface area contributed by atoms with E-state index in [1.807, 2.05) is 13.8 Å². The lowest BCUT2D eigenvalue weighted by Crippen LogP contribution is -2.46. The fourth-order valence-electron chi connectivity index (χ4n) is 4.11. The molecule has 2 aliphatic heterocycles. The van der Waals surface area contributed by atoms with Crippen molar-refractivity contribution < 1.29 is 23.9 Å². The van der Waals surface area contributed by atoms with Gasteiger partial charge in [-0.05, 0) is 43.5 Å². The van der Waals surface area contributed by atoms with Gasteiger partial charge in [-0.1, -0.05) is 26.0 Å². The maximum absolute atomic E-state index is 12.5. The van der Waals surface area contributed by atoms with Crippen LogP contribution in [0.3, 0.4) is 0 Å². The van der Waals surface area contributed by atoms with Gasteiger partial charge in [0.2, 0.25) is 5.91 Å². The quantitative estimate of drug-likeness (QED) is 0.653. The Kier molecular flexibility index (Phi) is 6.18. The molecular formula is C25H27N3O5. The van der Waals surface area contributed by atoms with Gasteiger partial charge in [0.25, 0.3) is 17.7 Å². The van der Waals surface area contributed by atoms with Crippen LogP contribution in [0, 0.1) is 5.92 Å². The van der Waals surface area contributed by atoms with Crippen LogP contribution >= 0.6 is 0 Å². The summed E-state index contributed by atoms with van der Waals surface area (Å²) in [5, 5.41) is 2.83. The lowest BCUT2D eigenvalue weighted by Gasteiger charge is -2.34. The molecule has 0 aliphatic carbocycles. The van der Waals surface area contributed by atoms with Crippen molar-refractivity contribution in [2.75, 3.05) is 23.3 Å². The van der Waals surface area contributed by atoms with Crippen LogP contribution in [0.1, 0.15) is 54.3 Å². The Morgan fingerprint density at radius 3 is 2.33 bits per heavy atom. The lowest BCUT2D eigenvalue weighted by atomic mass is 10.1. The van der Waals surface area contributed by atoms with Crippen molar-refractivity contribution in [3.63, 3.8) is 0 Å². The molecule has 4 rings (SSSR count). The zero-order valence-corrected chi connectivity index (χ0v) is 19.0. The highest BCUT2D eigenvalue weighted by atomic mass is 16.5. The summed E-state index contributed by atoms with van der Waals surface area (Å²) in [4.78, 5) is 52.7. The first-order chi connectivity index (χ1) is 15.8. The van der Waals surface area contributed by atoms with Crippen molar-refractivity contribution in [3.8, 4) is 5.75 Å². The van der Waals surface area contributed by atoms with Crippen LogP contribution in [0.15, 0.2) is 42.5 Å². The summed E-state index contributed by atoms with van der Waals surface area (Å²) in [7, 11) is 0. The Morgan fingerprint density at radius 1 is 1.03 bits per heavy atom. The Labute approximate surface area is 192 Å². The minimum atomic E-state index is -0.596. The van der Waals surface area contributed by atoms with Crippen LogP contribution in [0.25, 0.3) is 0 Å². The average molecular weight is 450 g/mol. The number of amides is 4. The Hall–Kier alpha value is -3.68. The zero-order valence-electron chi connectivity index (χ0n) is 19.0. The second-order valence-corrected chi connectivity index (χ2v) is 8.74. The predicted octanol–water partition coefficient (Wildman–Crippen LogP) is 3.47. The standard InChI is InChI=1S/C25H27N3O5/c1-15(2)14-28-20-11-10-17(13-21(20)33-16(3)23(28)30)26-22(29)9-6-12-27-24(31)18-7-4-5-8-19(18)25(27)32/h4-5,7-8,10-11,13,15-16H,6,9,12,14H2,1-3H3,(H,26,29). The number of benzene rings is 2. The van der Waals surface area contributed by atoms with Crippen LogP contribution in [0.4, 0.5) is 11.4 Å². The summed E-state index contributed by atoms with van der Waals surface area (Å²) in [5.41, 5.74) is 2.06. The number of nitrogens with one attached hydrogen (secondary N) is 1. The SMILES string of the molecule is CC(C)CN1C(=O)C(C)Oc2cc(NC(=O)CCCN3C(=O)c4ccccc4C3=O)ccc21. The third-order valence-electron chi connectivity index (χ3n) is 5.66. The maximum Gasteiger partial charge on any atom is 0.267 e. The first-order valence-electron chi connectivity index (χ1n) is 11.1. The number of ether oxygens (including phenoxy) is 1. The van der Waals surface area contributed by atoms with Crippen LogP contribution in [0.2, 0.25) is 0 Å². The smallest absolute Gasteiger partial charge is 0.267 e. The Balaban J connectivity index is 1.35. The van der Waals surface area contributed by atoms with Gasteiger partial charge in [-0.25, -0.2) is 0 Å². The van der Waals surface area contributed by atoms with Gasteiger partial charge in [-0.2, -0.15) is 0 Å². The van der Waals surface area contributed by atoms with E-state index in [0.29, 0.717) is 47.1 Å². The molecular weight excluding hydrogens is 422 g/mol. The molecule has 0 fully saturated rings. The summed E-state index contributed by atoms with van der Waals surface area (Å²) in [5.74, 6) is -0.109. The van der Waals surface area contributed by atoms with Gasteiger partial charge in [-0.15, -0.1) is 0 Å². The highest BCUT2D eigenvalue weighted by molar-refractivity contribution is 6.21. The summed E-state index contributed by atoms with van der Waals surface area (Å²) in [6, 6.07) is 11.9. The molecule has 0 spiro atoms. The molecule has 0 bridgehead atoms. The van der Waals surface area contributed by atoms with Gasteiger partial charge < -0.3 is 15.0 Å². The largest absolute Gasteiger partial charge is 0.479 e. The molecule has 2 aliphatic rings. The van der Waals surface area contributed by atoms with E-state index in [4.69, 9.17) is 4.74 Å². The van der Waals surface area contributed by atoms with E-state index in [0.717, 1.165) is 0 Å². The van der Waals surface area contributed by atoms with Crippen LogP contribution in [0.5, 0.6) is 5.75 Å². The molecule has 0 aromatic heterocycles. The number of anilines is 2. The first kappa shape index (κ1) is 22.5. The molecule has 2 aromatic rings. The summed E-state index contributed by atoms with van der Waals surface area (Å²) in [6.07, 6.45) is -0.0894. The van der Waals surface area contributed by atoms with Gasteiger partial charge in [0, 0.05) is 31.3 Å². The molecule has 33 heavy (non-hydrogen) atoms. The monoisotopic (exact) mass is 449 g/mol. The molecule has 0 radical (unpaired) electrons. The predicted molar refractivity (Wildman–Crippen MR) is 123 cm³/mol. The fourth-order valence-corrected chi connectivity index (χ4v) is 4.11. The molecule has 2 aromatic carbocycles. The van der Waals surface area contributed by atoms with Gasteiger partial charge in [-0.3, -0.25) is 24.1 Å². The lowest BCUT2D eigenvalue weighted by molar-refractivity contribution is -0.125. The van der Waals surface area contributed by atoms with E-state index in [9.17, 15) is 19.2 Å². The average Bonchev–Trinajstić information content (AvgIpc) is 3.01. The fraction of sp³-hybridized carbons (Fsp3) is 0.360. The van der Waals surface area contributed by atoms with Crippen molar-refractivity contribution >= 4 is 35.0 Å². The summed E-state index contributed by atoms with van der Waals surface area (Å²) < 4.78 is 5.76. The molecule has 1 atom stereocenters. The van der Waals surface area contributed by atoms with Crippen molar-refractivity contribution in [1.82, 2.24) is 4.90 Å². The van der Waals surface area contributed by atoms with Crippen LogP contribution < -0.4 is 15.0 Å². The Morgan fingerprint density at radius 2 is 1.70 bits per heavy atom. The minimum Gasteiger partial charge on any atom is -0.479 e. The van der Waals surface area contributed by atoms with Crippen LogP contribution in [-0.2, 0) is 9.59 Å². The number of nitrogens with zero attached hydrogens (tertiary/aromatic N) is 2. The molecule has 2 heterocycles. The maximum atomic E-state index is 12.5. The first-order valence-corrected chi connectivity index (χ1v) is 11.1. The van der Waals surface area contributed by atoms with Crippen molar-refractivity contribution in [3.05, 3.63) is 53.6 Å². The van der Waals surface area contributed by atoms with Gasteiger partial charge in [0.05, 0.1) is 16.8 Å². The Bertz CT molecular complexity index is 1090. The van der Waals surface area contributed by atoms with Gasteiger partial charge in [0.15, 0.2) is 6.10 Å². The zero-order chi connectivity index (χ0) is 23.7. The van der Waals surface area contributed by atoms with E-state index in [1.54, 1.807) is 54.3 Å². The molecule has 8 heteroatoms. The third kappa shape index (κ3) is 4.46. The second-order valence-electron chi connectivity index (χ2n) is 8.74. The van der Waals surface area contributed by atoms with E-state index >= 15 is 0 Å². The van der Waals surface area contributed by atoms with Crippen LogP contribution in [-0.4, -0.2) is 47.7 Å². The summed E-state index contributed by atoms with van der Waals surface area (Å²) in [6.45, 7) is 6.57. The molecule has 8 nitrogen and oxygen atoms in total. The second kappa shape index (κ2) is 9.05. The highest BCUT2D eigenvalue weighted by Crippen LogP contribution is 2.36. The van der Waals surface area contributed by atoms with E-state index in [1.165, 1.54) is 4.90 Å². The molecule has 4 amide bonds. The van der Waals surface area contributed by atoms with Crippen molar-refractivity contribution in [1.29, 1.82) is 0 Å². The van der Waals surface area contributed by atoms with E-state index in [-0.39, 0.29) is 36.6 Å². The molecule has 1 N–H and O–H groups in total. The number of carbonyl (C=O) groups excluding carboxylic acids is 4. The highest BCUT2D eigenvalue weighted by Gasteiger charge is 2.35. The third-order valence-corrected chi connectivity index (χ3v) is 5.66. The topological polar surface area (TPSA) is 96.0 Å². The normalized spacial score (nSPS) is 17.2. The minimum absolute atomic E-state index is 0.0823. The van der Waals surface area contributed by atoms with Gasteiger partial charge >= 0.3 is 0 Å². The molecule has 0 saturated heterocycles.